The van der Waals surface area contributed by atoms with Crippen molar-refractivity contribution < 1.29 is 8.42 Å². The van der Waals surface area contributed by atoms with E-state index in [0.29, 0.717) is 12.5 Å². The number of hydrogen-bond acceptors (Lipinski definition) is 4. The first-order valence-electron chi connectivity index (χ1n) is 7.41. The molecule has 0 amide bonds. The first-order chi connectivity index (χ1) is 9.78. The molecule has 0 aliphatic carbocycles. The lowest BCUT2D eigenvalue weighted by Crippen LogP contribution is -2.26. The fourth-order valence-electron chi connectivity index (χ4n) is 2.07. The minimum Gasteiger partial charge on any atom is -0.312 e. The Kier molecular flexibility index (Phi) is 7.35. The second-order valence-electron chi connectivity index (χ2n) is 6.16. The van der Waals surface area contributed by atoms with Crippen LogP contribution in [0, 0.1) is 5.92 Å². The summed E-state index contributed by atoms with van der Waals surface area (Å²) in [5, 5.41) is 3.46. The van der Waals surface area contributed by atoms with Gasteiger partial charge >= 0.3 is 0 Å². The number of rotatable bonds is 9. The number of sulfone groups is 1. The highest BCUT2D eigenvalue weighted by atomic mass is 32.2. The Bertz CT molecular complexity index is 527. The molecule has 0 aromatic heterocycles. The minimum absolute atomic E-state index is 0.206. The van der Waals surface area contributed by atoms with Gasteiger partial charge in [0.2, 0.25) is 0 Å². The zero-order valence-electron chi connectivity index (χ0n) is 13.6. The summed E-state index contributed by atoms with van der Waals surface area (Å²) >= 11 is 0. The predicted octanol–water partition coefficient (Wildman–Crippen LogP) is 1.91. The molecule has 1 N–H and O–H groups in total. The molecule has 5 heteroatoms. The van der Waals surface area contributed by atoms with E-state index in [1.54, 1.807) is 0 Å². The lowest BCUT2D eigenvalue weighted by atomic mass is 10.1. The maximum Gasteiger partial charge on any atom is 0.148 e. The molecule has 120 valence electrons. The van der Waals surface area contributed by atoms with Crippen molar-refractivity contribution >= 4 is 9.84 Å². The van der Waals surface area contributed by atoms with E-state index < -0.39 is 9.84 Å². The van der Waals surface area contributed by atoms with Gasteiger partial charge in [0.25, 0.3) is 0 Å². The minimum atomic E-state index is -2.90. The Morgan fingerprint density at radius 1 is 1.19 bits per heavy atom. The summed E-state index contributed by atoms with van der Waals surface area (Å²) in [6.07, 6.45) is 1.28. The molecule has 0 saturated carbocycles. The molecule has 0 aliphatic rings. The van der Waals surface area contributed by atoms with E-state index in [9.17, 15) is 8.42 Å². The van der Waals surface area contributed by atoms with E-state index in [-0.39, 0.29) is 5.75 Å². The van der Waals surface area contributed by atoms with Crippen molar-refractivity contribution in [3.8, 4) is 0 Å². The lowest BCUT2D eigenvalue weighted by molar-refractivity contribution is 0.344. The maximum atomic E-state index is 11.2. The Balaban J connectivity index is 2.57. The number of nitrogens with one attached hydrogen (secondary N) is 1. The average Bonchev–Trinajstić information content (AvgIpc) is 2.37. The van der Waals surface area contributed by atoms with Crippen LogP contribution >= 0.6 is 0 Å². The van der Waals surface area contributed by atoms with Crippen molar-refractivity contribution in [1.29, 1.82) is 0 Å². The van der Waals surface area contributed by atoms with Crippen LogP contribution in [0.2, 0.25) is 0 Å². The van der Waals surface area contributed by atoms with Crippen molar-refractivity contribution in [1.82, 2.24) is 10.2 Å². The molecule has 1 rings (SSSR count). The summed E-state index contributed by atoms with van der Waals surface area (Å²) in [5.41, 5.74) is 2.54. The largest absolute Gasteiger partial charge is 0.312 e. The van der Waals surface area contributed by atoms with Gasteiger partial charge in [0.15, 0.2) is 0 Å². The Morgan fingerprint density at radius 2 is 1.81 bits per heavy atom. The Labute approximate surface area is 129 Å². The van der Waals surface area contributed by atoms with E-state index in [1.807, 2.05) is 19.2 Å². The van der Waals surface area contributed by atoms with E-state index in [4.69, 9.17) is 0 Å². The molecule has 0 atom stereocenters. The molecule has 0 saturated heterocycles. The number of nitrogens with zero attached hydrogens (tertiary/aromatic N) is 1. The zero-order valence-corrected chi connectivity index (χ0v) is 14.4. The van der Waals surface area contributed by atoms with Gasteiger partial charge < -0.3 is 10.2 Å². The third kappa shape index (κ3) is 8.19. The molecule has 0 spiro atoms. The van der Waals surface area contributed by atoms with Gasteiger partial charge in [-0.3, -0.25) is 0 Å². The maximum absolute atomic E-state index is 11.2. The van der Waals surface area contributed by atoms with Gasteiger partial charge in [0.05, 0.1) is 5.75 Å². The summed E-state index contributed by atoms with van der Waals surface area (Å²) in [6.45, 7) is 7.57. The molecule has 21 heavy (non-hydrogen) atoms. The summed E-state index contributed by atoms with van der Waals surface area (Å²) in [4.78, 5) is 2.06. The molecule has 1 aromatic carbocycles. The highest BCUT2D eigenvalue weighted by molar-refractivity contribution is 7.90. The van der Waals surface area contributed by atoms with Crippen LogP contribution in [0.15, 0.2) is 24.3 Å². The van der Waals surface area contributed by atoms with Crippen molar-refractivity contribution in [2.24, 2.45) is 5.92 Å². The van der Waals surface area contributed by atoms with Crippen molar-refractivity contribution in [2.45, 2.75) is 26.9 Å². The van der Waals surface area contributed by atoms with Crippen molar-refractivity contribution in [3.63, 3.8) is 0 Å². The third-order valence-electron chi connectivity index (χ3n) is 3.27. The van der Waals surface area contributed by atoms with Gasteiger partial charge in [-0.2, -0.15) is 0 Å². The highest BCUT2D eigenvalue weighted by Crippen LogP contribution is 2.11. The van der Waals surface area contributed by atoms with Crippen molar-refractivity contribution in [2.75, 3.05) is 32.1 Å². The number of benzene rings is 1. The van der Waals surface area contributed by atoms with E-state index in [0.717, 1.165) is 19.6 Å². The normalized spacial score (nSPS) is 12.3. The highest BCUT2D eigenvalue weighted by Gasteiger charge is 2.08. The van der Waals surface area contributed by atoms with Gasteiger partial charge in [-0.1, -0.05) is 38.1 Å². The monoisotopic (exact) mass is 312 g/mol. The van der Waals surface area contributed by atoms with Gasteiger partial charge in [0, 0.05) is 25.9 Å². The second kappa shape index (κ2) is 8.51. The van der Waals surface area contributed by atoms with Crippen LogP contribution < -0.4 is 5.32 Å². The topological polar surface area (TPSA) is 49.4 Å². The second-order valence-corrected chi connectivity index (χ2v) is 8.42. The molecular weight excluding hydrogens is 284 g/mol. The van der Waals surface area contributed by atoms with Crippen LogP contribution in [0.4, 0.5) is 0 Å². The van der Waals surface area contributed by atoms with E-state index >= 15 is 0 Å². The smallest absolute Gasteiger partial charge is 0.148 e. The first kappa shape index (κ1) is 18.1. The summed E-state index contributed by atoms with van der Waals surface area (Å²) in [5.74, 6) is 0.840. The molecule has 0 bridgehead atoms. The zero-order chi connectivity index (χ0) is 15.9. The SMILES string of the molecule is CC(C)CNCc1ccccc1CN(C)CCS(C)(=O)=O. The van der Waals surface area contributed by atoms with Crippen LogP contribution in [0.1, 0.15) is 25.0 Å². The summed E-state index contributed by atoms with van der Waals surface area (Å²) in [6, 6.07) is 8.33. The standard InChI is InChI=1S/C16H28N2O2S/c1-14(2)11-17-12-15-7-5-6-8-16(15)13-18(3)9-10-21(4,19)20/h5-8,14,17H,9-13H2,1-4H3. The van der Waals surface area contributed by atoms with Crippen LogP contribution in [0.5, 0.6) is 0 Å². The lowest BCUT2D eigenvalue weighted by Gasteiger charge is -2.19. The van der Waals surface area contributed by atoms with Crippen LogP contribution in [0.3, 0.4) is 0 Å². The molecule has 0 unspecified atom stereocenters. The predicted molar refractivity (Wildman–Crippen MR) is 89.0 cm³/mol. The van der Waals surface area contributed by atoms with Gasteiger partial charge in [0.1, 0.15) is 9.84 Å². The Hall–Kier alpha value is -0.910. The Morgan fingerprint density at radius 3 is 2.38 bits per heavy atom. The fraction of sp³-hybridized carbons (Fsp3) is 0.625. The van der Waals surface area contributed by atoms with Gasteiger partial charge in [-0.25, -0.2) is 8.42 Å². The average molecular weight is 312 g/mol. The molecule has 0 heterocycles. The molecule has 0 fully saturated rings. The molecular formula is C16H28N2O2S. The number of hydrogen-bond donors (Lipinski definition) is 1. The summed E-state index contributed by atoms with van der Waals surface area (Å²) < 4.78 is 22.4. The van der Waals surface area contributed by atoms with Crippen LogP contribution in [0.25, 0.3) is 0 Å². The van der Waals surface area contributed by atoms with E-state index in [1.165, 1.54) is 17.4 Å². The van der Waals surface area contributed by atoms with Crippen molar-refractivity contribution in [3.05, 3.63) is 35.4 Å². The molecule has 0 radical (unpaired) electrons. The van der Waals surface area contributed by atoms with Gasteiger partial charge in [-0.15, -0.1) is 0 Å². The van der Waals surface area contributed by atoms with Crippen LogP contribution in [-0.4, -0.2) is 45.5 Å². The molecule has 1 aromatic rings. The molecule has 4 nitrogen and oxygen atoms in total. The fourth-order valence-corrected chi connectivity index (χ4v) is 2.71. The summed E-state index contributed by atoms with van der Waals surface area (Å²) in [7, 11) is -0.938. The quantitative estimate of drug-likeness (QED) is 0.757. The van der Waals surface area contributed by atoms with E-state index in [2.05, 4.69) is 36.2 Å². The van der Waals surface area contributed by atoms with Crippen LogP contribution in [-0.2, 0) is 22.9 Å². The molecule has 0 aliphatic heterocycles. The van der Waals surface area contributed by atoms with Gasteiger partial charge in [-0.05, 0) is 30.6 Å². The first-order valence-corrected chi connectivity index (χ1v) is 9.47. The third-order valence-corrected chi connectivity index (χ3v) is 4.19.